The highest BCUT2D eigenvalue weighted by Gasteiger charge is 2.01. The van der Waals surface area contributed by atoms with E-state index in [9.17, 15) is 9.59 Å². The Morgan fingerprint density at radius 3 is 2.00 bits per heavy atom. The van der Waals surface area contributed by atoms with E-state index in [4.69, 9.17) is 4.74 Å². The Bertz CT molecular complexity index is 563. The summed E-state index contributed by atoms with van der Waals surface area (Å²) in [5, 5.41) is 2.70. The molecule has 0 bridgehead atoms. The maximum atomic E-state index is 11.8. The number of amides is 1. The van der Waals surface area contributed by atoms with E-state index in [0.29, 0.717) is 12.3 Å². The van der Waals surface area contributed by atoms with Crippen molar-refractivity contribution in [3.8, 4) is 0 Å². The fourth-order valence-electron chi connectivity index (χ4n) is 2.77. The number of nitrogens with one attached hydrogen (secondary N) is 1. The first-order chi connectivity index (χ1) is 13.1. The Morgan fingerprint density at radius 1 is 0.852 bits per heavy atom. The zero-order valence-corrected chi connectivity index (χ0v) is 17.0. The van der Waals surface area contributed by atoms with Crippen LogP contribution in [0.5, 0.6) is 0 Å². The third kappa shape index (κ3) is 12.8. The number of hydrogen-bond acceptors (Lipinski definition) is 3. The van der Waals surface area contributed by atoms with E-state index in [1.165, 1.54) is 63.5 Å². The topological polar surface area (TPSA) is 55.4 Å². The molecule has 4 nitrogen and oxygen atoms in total. The van der Waals surface area contributed by atoms with Gasteiger partial charge in [0.25, 0.3) is 0 Å². The van der Waals surface area contributed by atoms with Gasteiger partial charge < -0.3 is 10.1 Å². The SMILES string of the molecule is CCCCCCCCCCCCOC(=O)/C=C\C(=O)Nc1ccc(C)cc1. The molecule has 1 aromatic rings. The molecule has 1 aromatic carbocycles. The maximum absolute atomic E-state index is 11.8. The lowest BCUT2D eigenvalue weighted by atomic mass is 10.1. The van der Waals surface area contributed by atoms with Crippen LogP contribution in [0, 0.1) is 6.92 Å². The lowest BCUT2D eigenvalue weighted by Crippen LogP contribution is -2.09. The van der Waals surface area contributed by atoms with Gasteiger partial charge >= 0.3 is 5.97 Å². The van der Waals surface area contributed by atoms with E-state index >= 15 is 0 Å². The van der Waals surface area contributed by atoms with Crippen LogP contribution in [0.2, 0.25) is 0 Å². The van der Waals surface area contributed by atoms with Crippen LogP contribution < -0.4 is 5.32 Å². The summed E-state index contributed by atoms with van der Waals surface area (Å²) in [4.78, 5) is 23.4. The first-order valence-electron chi connectivity index (χ1n) is 10.3. The number of ether oxygens (including phenoxy) is 1. The number of anilines is 1. The molecular formula is C23H35NO3. The van der Waals surface area contributed by atoms with Crippen molar-refractivity contribution in [1.29, 1.82) is 0 Å². The predicted octanol–water partition coefficient (Wildman–Crippen LogP) is 5.95. The number of aryl methyl sites for hydroxylation is 1. The van der Waals surface area contributed by atoms with Crippen molar-refractivity contribution in [2.24, 2.45) is 0 Å². The molecule has 4 heteroatoms. The average molecular weight is 374 g/mol. The Labute approximate surface area is 164 Å². The number of carbonyl (C=O) groups is 2. The molecule has 0 saturated heterocycles. The van der Waals surface area contributed by atoms with Crippen molar-refractivity contribution < 1.29 is 14.3 Å². The third-order valence-corrected chi connectivity index (χ3v) is 4.43. The summed E-state index contributed by atoms with van der Waals surface area (Å²) < 4.78 is 5.12. The molecule has 0 radical (unpaired) electrons. The van der Waals surface area contributed by atoms with Crippen molar-refractivity contribution in [3.63, 3.8) is 0 Å². The number of esters is 1. The molecule has 0 spiro atoms. The van der Waals surface area contributed by atoms with Crippen molar-refractivity contribution in [2.75, 3.05) is 11.9 Å². The van der Waals surface area contributed by atoms with Gasteiger partial charge in [-0.3, -0.25) is 4.79 Å². The minimum Gasteiger partial charge on any atom is -0.463 e. The largest absolute Gasteiger partial charge is 0.463 e. The molecule has 0 heterocycles. The molecule has 0 fully saturated rings. The molecular weight excluding hydrogens is 338 g/mol. The number of unbranched alkanes of at least 4 members (excludes halogenated alkanes) is 9. The van der Waals surface area contributed by atoms with E-state index in [0.717, 1.165) is 18.4 Å². The lowest BCUT2D eigenvalue weighted by molar-refractivity contribution is -0.138. The van der Waals surface area contributed by atoms with Crippen LogP contribution in [0.15, 0.2) is 36.4 Å². The normalized spacial score (nSPS) is 10.9. The molecule has 0 aliphatic carbocycles. The van der Waals surface area contributed by atoms with Gasteiger partial charge in [0.1, 0.15) is 0 Å². The zero-order valence-electron chi connectivity index (χ0n) is 17.0. The summed E-state index contributed by atoms with van der Waals surface area (Å²) in [6.07, 6.45) is 14.8. The van der Waals surface area contributed by atoms with Gasteiger partial charge in [0.15, 0.2) is 0 Å². The van der Waals surface area contributed by atoms with Gasteiger partial charge in [0.05, 0.1) is 6.61 Å². The minimum atomic E-state index is -0.468. The molecule has 0 aliphatic rings. The highest BCUT2D eigenvalue weighted by molar-refractivity contribution is 6.02. The van der Waals surface area contributed by atoms with Crippen molar-refractivity contribution >= 4 is 17.6 Å². The molecule has 0 aromatic heterocycles. The highest BCUT2D eigenvalue weighted by atomic mass is 16.5. The summed E-state index contributed by atoms with van der Waals surface area (Å²) in [7, 11) is 0. The predicted molar refractivity (Wildman–Crippen MR) is 112 cm³/mol. The van der Waals surface area contributed by atoms with Crippen molar-refractivity contribution in [2.45, 2.75) is 78.1 Å². The second kappa shape index (κ2) is 15.0. The van der Waals surface area contributed by atoms with Gasteiger partial charge in [-0.1, -0.05) is 82.4 Å². The number of hydrogen-bond donors (Lipinski definition) is 1. The smallest absolute Gasteiger partial charge is 0.330 e. The first-order valence-corrected chi connectivity index (χ1v) is 10.3. The Balaban J connectivity index is 2.01. The number of rotatable bonds is 14. The van der Waals surface area contributed by atoms with E-state index in [1.807, 2.05) is 31.2 Å². The van der Waals surface area contributed by atoms with Crippen molar-refractivity contribution in [3.05, 3.63) is 42.0 Å². The quantitative estimate of drug-likeness (QED) is 0.249. The standard InChI is InChI=1S/C23H35NO3/c1-3-4-5-6-7-8-9-10-11-12-19-27-23(26)18-17-22(25)24-21-15-13-20(2)14-16-21/h13-18H,3-12,19H2,1-2H3,(H,24,25)/b18-17-. The fraction of sp³-hybridized carbons (Fsp3) is 0.565. The Morgan fingerprint density at radius 2 is 1.41 bits per heavy atom. The summed E-state index contributed by atoms with van der Waals surface area (Å²) in [5.41, 5.74) is 1.83. The number of benzene rings is 1. The molecule has 0 saturated carbocycles. The van der Waals surface area contributed by atoms with Crippen LogP contribution in [-0.4, -0.2) is 18.5 Å². The van der Waals surface area contributed by atoms with E-state index in [-0.39, 0.29) is 5.91 Å². The van der Waals surface area contributed by atoms with Crippen LogP contribution in [0.4, 0.5) is 5.69 Å². The van der Waals surface area contributed by atoms with Gasteiger partial charge in [-0.25, -0.2) is 4.79 Å². The molecule has 0 atom stereocenters. The van der Waals surface area contributed by atoms with E-state index in [1.54, 1.807) is 0 Å². The van der Waals surface area contributed by atoms with Crippen molar-refractivity contribution in [1.82, 2.24) is 0 Å². The van der Waals surface area contributed by atoms with Crippen LogP contribution in [0.25, 0.3) is 0 Å². The average Bonchev–Trinajstić information content (AvgIpc) is 2.66. The summed E-state index contributed by atoms with van der Waals surface area (Å²) in [5.74, 6) is -0.806. The van der Waals surface area contributed by atoms with Gasteiger partial charge in [-0.05, 0) is 25.5 Å². The van der Waals surface area contributed by atoms with Crippen LogP contribution >= 0.6 is 0 Å². The second-order valence-electron chi connectivity index (χ2n) is 7.04. The van der Waals surface area contributed by atoms with Gasteiger partial charge in [-0.15, -0.1) is 0 Å². The van der Waals surface area contributed by atoms with Gasteiger partial charge in [0, 0.05) is 17.8 Å². The Kier molecular flexibility index (Phi) is 12.7. The fourth-order valence-corrected chi connectivity index (χ4v) is 2.77. The first kappa shape index (κ1) is 22.9. The molecule has 150 valence electrons. The number of carbonyl (C=O) groups excluding carboxylic acids is 2. The summed E-state index contributed by atoms with van der Waals surface area (Å²) >= 11 is 0. The zero-order chi connectivity index (χ0) is 19.7. The molecule has 1 amide bonds. The van der Waals surface area contributed by atoms with Gasteiger partial charge in [-0.2, -0.15) is 0 Å². The van der Waals surface area contributed by atoms with Crippen LogP contribution in [0.3, 0.4) is 0 Å². The Hall–Kier alpha value is -2.10. The monoisotopic (exact) mass is 373 g/mol. The lowest BCUT2D eigenvalue weighted by Gasteiger charge is -2.04. The maximum Gasteiger partial charge on any atom is 0.330 e. The molecule has 1 rings (SSSR count). The van der Waals surface area contributed by atoms with Crippen LogP contribution in [-0.2, 0) is 14.3 Å². The minimum absolute atomic E-state index is 0.338. The summed E-state index contributed by atoms with van der Waals surface area (Å²) in [6, 6.07) is 7.48. The van der Waals surface area contributed by atoms with Crippen LogP contribution in [0.1, 0.15) is 76.7 Å². The molecule has 27 heavy (non-hydrogen) atoms. The second-order valence-corrected chi connectivity index (χ2v) is 7.04. The molecule has 0 aliphatic heterocycles. The van der Waals surface area contributed by atoms with E-state index < -0.39 is 5.97 Å². The highest BCUT2D eigenvalue weighted by Crippen LogP contribution is 2.11. The molecule has 0 unspecified atom stereocenters. The molecule has 1 N–H and O–H groups in total. The summed E-state index contributed by atoms with van der Waals surface area (Å²) in [6.45, 7) is 4.64. The third-order valence-electron chi connectivity index (χ3n) is 4.43. The van der Waals surface area contributed by atoms with Gasteiger partial charge in [0.2, 0.25) is 5.91 Å². The van der Waals surface area contributed by atoms with E-state index in [2.05, 4.69) is 12.2 Å².